The third-order valence-electron chi connectivity index (χ3n) is 2.02. The fraction of sp³-hybridized carbons (Fsp3) is 0.444. The summed E-state index contributed by atoms with van der Waals surface area (Å²) >= 11 is 11.5. The molecule has 0 aliphatic carbocycles. The van der Waals surface area contributed by atoms with Crippen molar-refractivity contribution in [3.05, 3.63) is 16.6 Å². The Morgan fingerprint density at radius 1 is 1.38 bits per heavy atom. The Balaban J connectivity index is 2.85. The lowest BCUT2D eigenvalue weighted by atomic mass is 10.1. The molecule has 0 aliphatic heterocycles. The molecule has 16 heavy (non-hydrogen) atoms. The molecule has 0 aromatic carbocycles. The molecule has 0 radical (unpaired) electrons. The normalized spacial score (nSPS) is 12.6. The minimum atomic E-state index is -0.632. The van der Waals surface area contributed by atoms with E-state index in [0.29, 0.717) is 0 Å². The summed E-state index contributed by atoms with van der Waals surface area (Å²) in [5.74, 6) is -0.351. The van der Waals surface area contributed by atoms with Gasteiger partial charge in [-0.1, -0.05) is 37.0 Å². The van der Waals surface area contributed by atoms with Gasteiger partial charge in [-0.25, -0.2) is 9.97 Å². The monoisotopic (exact) mass is 262 g/mol. The van der Waals surface area contributed by atoms with Crippen LogP contribution in [0.5, 0.6) is 0 Å². The van der Waals surface area contributed by atoms with Crippen LogP contribution in [0.15, 0.2) is 6.33 Å². The lowest BCUT2D eigenvalue weighted by Crippen LogP contribution is -2.39. The number of hydrogen-bond acceptors (Lipinski definition) is 4. The summed E-state index contributed by atoms with van der Waals surface area (Å²) in [6.45, 7) is 3.68. The fourth-order valence-corrected chi connectivity index (χ4v) is 1.37. The molecule has 5 nitrogen and oxygen atoms in total. The summed E-state index contributed by atoms with van der Waals surface area (Å²) in [7, 11) is 0. The number of carbonyl (C=O) groups excluding carboxylic acids is 1. The van der Waals surface area contributed by atoms with Crippen molar-refractivity contribution in [2.24, 2.45) is 11.7 Å². The van der Waals surface area contributed by atoms with Crippen molar-refractivity contribution in [2.45, 2.75) is 19.9 Å². The third kappa shape index (κ3) is 3.04. The van der Waals surface area contributed by atoms with E-state index in [9.17, 15) is 4.79 Å². The van der Waals surface area contributed by atoms with E-state index in [-0.39, 0.29) is 27.8 Å². The summed E-state index contributed by atoms with van der Waals surface area (Å²) in [5.41, 5.74) is 5.86. The largest absolute Gasteiger partial charge is 0.320 e. The van der Waals surface area contributed by atoms with Crippen LogP contribution in [0.25, 0.3) is 0 Å². The molecular weight excluding hydrogens is 251 g/mol. The number of nitrogens with zero attached hydrogens (tertiary/aromatic N) is 2. The minimum absolute atomic E-state index is 0.0159. The average Bonchev–Trinajstić information content (AvgIpc) is 2.22. The number of halogens is 2. The van der Waals surface area contributed by atoms with Crippen LogP contribution in [-0.4, -0.2) is 21.9 Å². The van der Waals surface area contributed by atoms with E-state index >= 15 is 0 Å². The van der Waals surface area contributed by atoms with Crippen molar-refractivity contribution < 1.29 is 4.79 Å². The van der Waals surface area contributed by atoms with Gasteiger partial charge in [-0.3, -0.25) is 4.79 Å². The predicted molar refractivity (Wildman–Crippen MR) is 63.5 cm³/mol. The van der Waals surface area contributed by atoms with Gasteiger partial charge in [0.25, 0.3) is 0 Å². The van der Waals surface area contributed by atoms with E-state index < -0.39 is 6.04 Å². The molecule has 1 amide bonds. The maximum atomic E-state index is 11.6. The molecule has 0 aliphatic rings. The Hall–Kier alpha value is -0.910. The van der Waals surface area contributed by atoms with Gasteiger partial charge in [-0.2, -0.15) is 0 Å². The molecule has 1 aromatic rings. The van der Waals surface area contributed by atoms with Crippen LogP contribution in [-0.2, 0) is 4.79 Å². The van der Waals surface area contributed by atoms with Crippen LogP contribution in [0.2, 0.25) is 10.3 Å². The summed E-state index contributed by atoms with van der Waals surface area (Å²) in [5, 5.41) is 2.68. The highest BCUT2D eigenvalue weighted by molar-refractivity contribution is 6.38. The SMILES string of the molecule is CC(C)[C@@H](N)C(=O)Nc1c(Cl)ncnc1Cl. The van der Waals surface area contributed by atoms with Crippen molar-refractivity contribution in [3.8, 4) is 0 Å². The standard InChI is InChI=1S/C9H12Cl2N4O/c1-4(2)5(12)9(16)15-6-7(10)13-3-14-8(6)11/h3-5H,12H2,1-2H3,(H,15,16)/t5-/m1/s1. The summed E-state index contributed by atoms with van der Waals surface area (Å²) in [6.07, 6.45) is 1.21. The summed E-state index contributed by atoms with van der Waals surface area (Å²) < 4.78 is 0. The molecule has 88 valence electrons. The molecule has 0 spiro atoms. The number of carbonyl (C=O) groups is 1. The van der Waals surface area contributed by atoms with Gasteiger partial charge in [0.2, 0.25) is 5.91 Å². The Morgan fingerprint density at radius 2 is 1.88 bits per heavy atom. The van der Waals surface area contributed by atoms with Crippen LogP contribution in [0.4, 0.5) is 5.69 Å². The average molecular weight is 263 g/mol. The second-order valence-corrected chi connectivity index (χ2v) is 4.31. The molecule has 3 N–H and O–H groups in total. The Labute approximate surface area is 103 Å². The molecule has 1 rings (SSSR count). The van der Waals surface area contributed by atoms with Gasteiger partial charge in [-0.15, -0.1) is 0 Å². The Kier molecular flexibility index (Phi) is 4.46. The number of nitrogens with one attached hydrogen (secondary N) is 1. The maximum absolute atomic E-state index is 11.6. The number of anilines is 1. The number of aromatic nitrogens is 2. The lowest BCUT2D eigenvalue weighted by Gasteiger charge is -2.15. The smallest absolute Gasteiger partial charge is 0.241 e. The van der Waals surface area contributed by atoms with E-state index in [0.717, 1.165) is 0 Å². The van der Waals surface area contributed by atoms with Gasteiger partial charge in [0.1, 0.15) is 12.0 Å². The third-order valence-corrected chi connectivity index (χ3v) is 2.60. The van der Waals surface area contributed by atoms with Crippen molar-refractivity contribution in [3.63, 3.8) is 0 Å². The first-order chi connectivity index (χ1) is 7.43. The second-order valence-electron chi connectivity index (χ2n) is 3.59. The molecule has 7 heteroatoms. The number of amides is 1. The zero-order valence-electron chi connectivity index (χ0n) is 8.87. The molecule has 1 aromatic heterocycles. The fourth-order valence-electron chi connectivity index (χ4n) is 0.957. The van der Waals surface area contributed by atoms with Gasteiger partial charge in [0, 0.05) is 0 Å². The highest BCUT2D eigenvalue weighted by Crippen LogP contribution is 2.25. The number of nitrogens with two attached hydrogens (primary N) is 1. The quantitative estimate of drug-likeness (QED) is 0.813. The number of hydrogen-bond donors (Lipinski definition) is 2. The molecular formula is C9H12Cl2N4O. The first-order valence-electron chi connectivity index (χ1n) is 4.66. The first kappa shape index (κ1) is 13.2. The minimum Gasteiger partial charge on any atom is -0.320 e. The van der Waals surface area contributed by atoms with E-state index in [1.807, 2.05) is 13.8 Å². The maximum Gasteiger partial charge on any atom is 0.241 e. The lowest BCUT2D eigenvalue weighted by molar-refractivity contribution is -0.118. The van der Waals surface area contributed by atoms with Crippen molar-refractivity contribution in [1.29, 1.82) is 0 Å². The highest BCUT2D eigenvalue weighted by Gasteiger charge is 2.20. The highest BCUT2D eigenvalue weighted by atomic mass is 35.5. The van der Waals surface area contributed by atoms with Crippen LogP contribution in [0, 0.1) is 5.92 Å². The van der Waals surface area contributed by atoms with Crippen molar-refractivity contribution in [2.75, 3.05) is 5.32 Å². The van der Waals surface area contributed by atoms with Crippen LogP contribution in [0.3, 0.4) is 0 Å². The topological polar surface area (TPSA) is 80.9 Å². The molecule has 0 unspecified atom stereocenters. The van der Waals surface area contributed by atoms with E-state index in [1.54, 1.807) is 0 Å². The van der Waals surface area contributed by atoms with Crippen molar-refractivity contribution >= 4 is 34.8 Å². The summed E-state index contributed by atoms with van der Waals surface area (Å²) in [6, 6.07) is -0.632. The molecule has 1 atom stereocenters. The zero-order chi connectivity index (χ0) is 12.3. The van der Waals surface area contributed by atoms with Gasteiger partial charge >= 0.3 is 0 Å². The van der Waals surface area contributed by atoms with Crippen LogP contribution >= 0.6 is 23.2 Å². The van der Waals surface area contributed by atoms with Crippen LogP contribution in [0.1, 0.15) is 13.8 Å². The van der Waals surface area contributed by atoms with Crippen molar-refractivity contribution in [1.82, 2.24) is 9.97 Å². The Morgan fingerprint density at radius 3 is 2.31 bits per heavy atom. The summed E-state index contributed by atoms with van der Waals surface area (Å²) in [4.78, 5) is 19.1. The Bertz CT molecular complexity index is 377. The molecule has 0 fully saturated rings. The van der Waals surface area contributed by atoms with E-state index in [4.69, 9.17) is 28.9 Å². The van der Waals surface area contributed by atoms with E-state index in [2.05, 4.69) is 15.3 Å². The number of rotatable bonds is 3. The molecule has 0 saturated carbocycles. The van der Waals surface area contributed by atoms with E-state index in [1.165, 1.54) is 6.33 Å². The van der Waals surface area contributed by atoms with Gasteiger partial charge < -0.3 is 11.1 Å². The van der Waals surface area contributed by atoms with Gasteiger partial charge in [0.05, 0.1) is 6.04 Å². The predicted octanol–water partition coefficient (Wildman–Crippen LogP) is 1.71. The molecule has 0 saturated heterocycles. The zero-order valence-corrected chi connectivity index (χ0v) is 10.4. The molecule has 0 bridgehead atoms. The second kappa shape index (κ2) is 5.43. The first-order valence-corrected chi connectivity index (χ1v) is 5.41. The van der Waals surface area contributed by atoms with Gasteiger partial charge in [0.15, 0.2) is 10.3 Å². The van der Waals surface area contributed by atoms with Crippen LogP contribution < -0.4 is 11.1 Å². The molecule has 1 heterocycles. The van der Waals surface area contributed by atoms with Gasteiger partial charge in [-0.05, 0) is 5.92 Å².